The first-order valence-electron chi connectivity index (χ1n) is 16.3. The van der Waals surface area contributed by atoms with Crippen molar-refractivity contribution in [1.82, 2.24) is 20.4 Å². The quantitative estimate of drug-likeness (QED) is 0.241. The van der Waals surface area contributed by atoms with Gasteiger partial charge in [-0.25, -0.2) is 9.98 Å². The summed E-state index contributed by atoms with van der Waals surface area (Å²) >= 11 is 0. The van der Waals surface area contributed by atoms with Gasteiger partial charge in [-0.2, -0.15) is 0 Å². The molecule has 3 heterocycles. The van der Waals surface area contributed by atoms with Crippen LogP contribution in [0.15, 0.2) is 69.9 Å². The summed E-state index contributed by atoms with van der Waals surface area (Å²) in [7, 11) is 3.19. The minimum Gasteiger partial charge on any atom is -0.497 e. The molecule has 0 aromatic heterocycles. The lowest BCUT2D eigenvalue weighted by Crippen LogP contribution is -2.39. The Morgan fingerprint density at radius 1 is 0.680 bits per heavy atom. The Morgan fingerprint density at radius 2 is 1.02 bits per heavy atom. The predicted molar refractivity (Wildman–Crippen MR) is 191 cm³/mol. The first-order valence-corrected chi connectivity index (χ1v) is 16.3. The van der Waals surface area contributed by atoms with Gasteiger partial charge in [0.2, 0.25) is 0 Å². The minimum atomic E-state index is -0.866. The van der Waals surface area contributed by atoms with Crippen LogP contribution in [0.5, 0.6) is 11.5 Å². The van der Waals surface area contributed by atoms with E-state index in [1.54, 1.807) is 40.2 Å². The van der Waals surface area contributed by atoms with Gasteiger partial charge in [-0.15, -0.1) is 0 Å². The van der Waals surface area contributed by atoms with Gasteiger partial charge in [0.15, 0.2) is 0 Å². The van der Waals surface area contributed by atoms with Gasteiger partial charge in [-0.3, -0.25) is 29.0 Å². The van der Waals surface area contributed by atoms with E-state index < -0.39 is 11.9 Å². The zero-order valence-corrected chi connectivity index (χ0v) is 29.0. The highest BCUT2D eigenvalue weighted by molar-refractivity contribution is 6.14. The highest BCUT2D eigenvalue weighted by atomic mass is 16.5. The third-order valence-corrected chi connectivity index (χ3v) is 7.61. The number of amidine groups is 2. The molecule has 2 aromatic rings. The highest BCUT2D eigenvalue weighted by Gasteiger charge is 2.28. The van der Waals surface area contributed by atoms with E-state index in [1.807, 2.05) is 48.5 Å². The fraction of sp³-hybridized carbons (Fsp3) is 0.389. The van der Waals surface area contributed by atoms with E-state index in [-0.39, 0.29) is 24.7 Å². The molecule has 2 aromatic carbocycles. The van der Waals surface area contributed by atoms with Gasteiger partial charge in [-0.05, 0) is 74.2 Å². The molecule has 0 unspecified atom stereocenters. The van der Waals surface area contributed by atoms with E-state index in [2.05, 4.69) is 20.6 Å². The molecule has 50 heavy (non-hydrogen) atoms. The first-order chi connectivity index (χ1) is 24.0. The molecule has 4 N–H and O–H groups in total. The second kappa shape index (κ2) is 20.2. The lowest BCUT2D eigenvalue weighted by atomic mass is 10.2. The van der Waals surface area contributed by atoms with Crippen LogP contribution in [0.1, 0.15) is 50.7 Å². The number of aliphatic imine (C=N–C) groups is 2. The van der Waals surface area contributed by atoms with Crippen molar-refractivity contribution in [2.75, 3.05) is 53.5 Å². The topological polar surface area (TPSA) is 182 Å². The summed E-state index contributed by atoms with van der Waals surface area (Å²) in [5.41, 5.74) is 2.43. The summed E-state index contributed by atoms with van der Waals surface area (Å²) in [4.78, 5) is 57.2. The summed E-state index contributed by atoms with van der Waals surface area (Å²) in [6.45, 7) is 8.77. The number of carboxylic acids is 2. The molecule has 0 aliphatic carbocycles. The third-order valence-electron chi connectivity index (χ3n) is 7.61. The van der Waals surface area contributed by atoms with Gasteiger partial charge in [0.05, 0.1) is 14.2 Å². The van der Waals surface area contributed by atoms with Crippen LogP contribution in [0.3, 0.4) is 0 Å². The predicted octanol–water partition coefficient (Wildman–Crippen LogP) is 3.50. The SMILES string of the molecule is C1CNCCN1.COc1ccc(/C=C2/N=C(C)N(CCCC(=O)O)C2=O)cc1.COc1ccc(/C=C2/N=C(C)N(CCCC(=O)O)C2=O)cc1. The zero-order valence-electron chi connectivity index (χ0n) is 29.0. The maximum Gasteiger partial charge on any atom is 0.303 e. The number of carbonyl (C=O) groups excluding carboxylic acids is 2. The average Bonchev–Trinajstić information content (AvgIpc) is 3.53. The first kappa shape index (κ1) is 39.1. The normalized spacial score (nSPS) is 17.0. The molecule has 5 rings (SSSR count). The fourth-order valence-corrected chi connectivity index (χ4v) is 4.95. The number of carboxylic acid groups (broad SMARTS) is 2. The number of aliphatic carboxylic acids is 2. The Bertz CT molecular complexity index is 1470. The molecule has 0 spiro atoms. The second-order valence-corrected chi connectivity index (χ2v) is 11.3. The molecule has 1 saturated heterocycles. The van der Waals surface area contributed by atoms with E-state index >= 15 is 0 Å². The van der Waals surface area contributed by atoms with Crippen molar-refractivity contribution in [1.29, 1.82) is 0 Å². The molecule has 0 saturated carbocycles. The number of hydrogen-bond donors (Lipinski definition) is 4. The Hall–Kier alpha value is -5.34. The lowest BCUT2D eigenvalue weighted by Gasteiger charge is -2.14. The number of benzene rings is 2. The van der Waals surface area contributed by atoms with Gasteiger partial charge in [0.25, 0.3) is 11.8 Å². The van der Waals surface area contributed by atoms with E-state index in [1.165, 1.54) is 9.80 Å². The summed E-state index contributed by atoms with van der Waals surface area (Å²) in [6, 6.07) is 14.6. The van der Waals surface area contributed by atoms with Crippen molar-refractivity contribution in [3.8, 4) is 11.5 Å². The van der Waals surface area contributed by atoms with Gasteiger partial charge < -0.3 is 30.3 Å². The zero-order chi connectivity index (χ0) is 36.5. The van der Waals surface area contributed by atoms with Crippen LogP contribution in [0.25, 0.3) is 12.2 Å². The van der Waals surface area contributed by atoms with E-state index in [9.17, 15) is 19.2 Å². The summed E-state index contributed by atoms with van der Waals surface area (Å²) < 4.78 is 10.2. The number of carbonyl (C=O) groups is 4. The Kier molecular flexibility index (Phi) is 15.8. The maximum atomic E-state index is 12.3. The van der Waals surface area contributed by atoms with Crippen LogP contribution < -0.4 is 20.1 Å². The van der Waals surface area contributed by atoms with Crippen LogP contribution in [-0.4, -0.2) is 109 Å². The van der Waals surface area contributed by atoms with Crippen molar-refractivity contribution in [3.63, 3.8) is 0 Å². The van der Waals surface area contributed by atoms with Crippen LogP contribution in [0.4, 0.5) is 0 Å². The highest BCUT2D eigenvalue weighted by Crippen LogP contribution is 2.22. The van der Waals surface area contributed by atoms with E-state index in [0.717, 1.165) is 48.8 Å². The maximum absolute atomic E-state index is 12.3. The standard InChI is InChI=1S/2C16H18N2O4.C4H10N2/c2*1-11-17-14(10-12-5-7-13(22-2)8-6-12)16(21)18(11)9-3-4-15(19)20;1-2-6-4-3-5-1/h2*5-8,10H,3-4,9H2,1-2H3,(H,19,20);5-6H,1-4H2/b2*14-10+;. The molecule has 268 valence electrons. The van der Waals surface area contributed by atoms with Gasteiger partial charge in [0.1, 0.15) is 34.6 Å². The molecule has 14 heteroatoms. The van der Waals surface area contributed by atoms with Crippen molar-refractivity contribution >= 4 is 47.6 Å². The molecule has 2 amide bonds. The molecule has 0 bridgehead atoms. The monoisotopic (exact) mass is 690 g/mol. The smallest absolute Gasteiger partial charge is 0.303 e. The van der Waals surface area contributed by atoms with Gasteiger partial charge >= 0.3 is 11.9 Å². The molecule has 3 aliphatic rings. The van der Waals surface area contributed by atoms with Crippen LogP contribution in [0.2, 0.25) is 0 Å². The van der Waals surface area contributed by atoms with E-state index in [0.29, 0.717) is 49.0 Å². The van der Waals surface area contributed by atoms with E-state index in [4.69, 9.17) is 19.7 Å². The average molecular weight is 691 g/mol. The largest absolute Gasteiger partial charge is 0.497 e. The number of hydrogen-bond acceptors (Lipinski definition) is 10. The summed E-state index contributed by atoms with van der Waals surface area (Å²) in [6.07, 6.45) is 4.31. The Labute approximate surface area is 292 Å². The number of methoxy groups -OCH3 is 2. The van der Waals surface area contributed by atoms with Crippen LogP contribution in [-0.2, 0) is 19.2 Å². The van der Waals surface area contributed by atoms with Crippen LogP contribution >= 0.6 is 0 Å². The molecule has 1 fully saturated rings. The Morgan fingerprint density at radius 3 is 1.30 bits per heavy atom. The number of nitrogens with zero attached hydrogens (tertiary/aromatic N) is 4. The molecular weight excluding hydrogens is 644 g/mol. The van der Waals surface area contributed by atoms with Gasteiger partial charge in [-0.1, -0.05) is 24.3 Å². The van der Waals surface area contributed by atoms with Gasteiger partial charge in [0, 0.05) is 52.1 Å². The molecule has 3 aliphatic heterocycles. The van der Waals surface area contributed by atoms with Crippen molar-refractivity contribution in [3.05, 3.63) is 71.1 Å². The number of rotatable bonds is 12. The summed E-state index contributed by atoms with van der Waals surface area (Å²) in [5.74, 6) is 0.554. The van der Waals surface area contributed by atoms with Crippen molar-refractivity contribution in [2.45, 2.75) is 39.5 Å². The van der Waals surface area contributed by atoms with Crippen molar-refractivity contribution < 1.29 is 38.9 Å². The fourth-order valence-electron chi connectivity index (χ4n) is 4.95. The minimum absolute atomic E-state index is 0.0363. The summed E-state index contributed by atoms with van der Waals surface area (Å²) in [5, 5.41) is 23.8. The number of piperazine rings is 1. The molecule has 0 atom stereocenters. The van der Waals surface area contributed by atoms with Crippen LogP contribution in [0, 0.1) is 0 Å². The number of nitrogens with one attached hydrogen (secondary N) is 2. The lowest BCUT2D eigenvalue weighted by molar-refractivity contribution is -0.138. The number of amides is 2. The Balaban J connectivity index is 0.000000231. The van der Waals surface area contributed by atoms with Crippen molar-refractivity contribution in [2.24, 2.45) is 9.98 Å². The third kappa shape index (κ3) is 12.6. The molecular formula is C36H46N6O8. The molecule has 0 radical (unpaired) electrons. The second-order valence-electron chi connectivity index (χ2n) is 11.3. The number of ether oxygens (including phenoxy) is 2. The molecule has 14 nitrogen and oxygen atoms in total.